The molecule has 4 aliphatic rings. The summed E-state index contributed by atoms with van der Waals surface area (Å²) in [6.07, 6.45) is -7.35. The van der Waals surface area contributed by atoms with Crippen LogP contribution in [0.3, 0.4) is 0 Å². The summed E-state index contributed by atoms with van der Waals surface area (Å²) in [6, 6.07) is 107. The van der Waals surface area contributed by atoms with Crippen LogP contribution in [0.25, 0.3) is 0 Å². The third-order valence-electron chi connectivity index (χ3n) is 22.7. The Balaban J connectivity index is 0.000000153. The maximum absolute atomic E-state index is 13.3. The fourth-order valence-electron chi connectivity index (χ4n) is 16.2. The molecule has 3 unspecified atom stereocenters. The first-order valence-electron chi connectivity index (χ1n) is 42.5. The predicted molar refractivity (Wildman–Crippen MR) is 539 cm³/mol. The van der Waals surface area contributed by atoms with E-state index in [-0.39, 0.29) is 17.9 Å². The summed E-state index contributed by atoms with van der Waals surface area (Å²) in [5.41, 5.74) is 15.5. The topological polar surface area (TPSA) is 105 Å². The molecule has 642 valence electrons. The average Bonchev–Trinajstić information content (AvgIpc) is 1.55. The van der Waals surface area contributed by atoms with Crippen LogP contribution in [-0.2, 0) is 95.1 Å². The first-order chi connectivity index (χ1) is 60.0. The minimum absolute atomic E-state index is 0.259. The number of hydrogen-bond donors (Lipinski definition) is 0. The number of carbonyl (C=O) groups is 3. The van der Waals surface area contributed by atoms with Gasteiger partial charge >= 0.3 is 17.9 Å². The molecule has 0 bridgehead atoms. The van der Waals surface area contributed by atoms with Gasteiger partial charge in [0.2, 0.25) is 0 Å². The van der Waals surface area contributed by atoms with Crippen LogP contribution in [0.2, 0.25) is 0 Å². The van der Waals surface area contributed by atoms with E-state index in [1.54, 1.807) is 0 Å². The van der Waals surface area contributed by atoms with E-state index in [1.165, 1.54) is 33.4 Å². The molecule has 11 aromatic rings. The molecule has 4 aliphatic heterocycles. The zero-order valence-electron chi connectivity index (χ0n) is 72.1. The molecule has 4 heterocycles. The lowest BCUT2D eigenvalue weighted by molar-refractivity contribution is -0.147. The van der Waals surface area contributed by atoms with Gasteiger partial charge in [0.05, 0.1) is 37.6 Å². The van der Waals surface area contributed by atoms with E-state index in [0.717, 1.165) is 126 Å². The predicted octanol–water partition coefficient (Wildman–Crippen LogP) is 24.9. The Morgan fingerprint density at radius 2 is 0.435 bits per heavy atom. The van der Waals surface area contributed by atoms with Crippen LogP contribution >= 0.6 is 25.4 Å². The third-order valence-corrected chi connectivity index (χ3v) is 43.3. The summed E-state index contributed by atoms with van der Waals surface area (Å²) in [5.74, 6) is -2.35. The summed E-state index contributed by atoms with van der Waals surface area (Å²) in [7, 11) is 0. The zero-order valence-corrected chi connectivity index (χ0v) is 79.0. The Bertz CT molecular complexity index is 4970. The molecule has 11 aromatic carbocycles. The summed E-state index contributed by atoms with van der Waals surface area (Å²) in [4.78, 5) is 39.9. The highest BCUT2D eigenvalue weighted by atomic mass is 32.5. The molecule has 0 aromatic heterocycles. The molecule has 4 saturated heterocycles. The van der Waals surface area contributed by atoms with E-state index in [1.807, 2.05) is 142 Å². The fraction of sp³-hybridized carbons (Fsp3) is 0.245. The summed E-state index contributed by atoms with van der Waals surface area (Å²) >= 11 is 26.0. The minimum Gasteiger partial charge on any atom is -0.466 e. The number of esters is 3. The highest BCUT2D eigenvalue weighted by molar-refractivity contribution is 8.19. The lowest BCUT2D eigenvalue weighted by atomic mass is 9.98. The van der Waals surface area contributed by atoms with Crippen LogP contribution in [0.1, 0.15) is 67.5 Å². The molecule has 15 rings (SSSR count). The van der Waals surface area contributed by atoms with Crippen LogP contribution in [0.4, 0.5) is 45.5 Å². The van der Waals surface area contributed by atoms with Crippen molar-refractivity contribution in [2.24, 2.45) is 17.8 Å². The highest BCUT2D eigenvalue weighted by Gasteiger charge is 2.49. The quantitative estimate of drug-likeness (QED) is 0.0264. The molecular weight excluding hydrogens is 1690 g/mol. The van der Waals surface area contributed by atoms with Gasteiger partial charge in [-0.1, -0.05) is 268 Å². The van der Waals surface area contributed by atoms with Crippen molar-refractivity contribution in [3.63, 3.8) is 0 Å². The van der Waals surface area contributed by atoms with E-state index in [0.29, 0.717) is 39.1 Å². The summed E-state index contributed by atoms with van der Waals surface area (Å²) < 4.78 is 35.2. The molecule has 0 amide bonds. The van der Waals surface area contributed by atoms with Gasteiger partial charge in [0.25, 0.3) is 0 Å². The van der Waals surface area contributed by atoms with E-state index in [2.05, 4.69) is 285 Å². The second-order valence-electron chi connectivity index (χ2n) is 30.7. The molecule has 0 saturated carbocycles. The Labute approximate surface area is 756 Å². The van der Waals surface area contributed by atoms with Gasteiger partial charge < -0.3 is 51.6 Å². The van der Waals surface area contributed by atoms with E-state index < -0.39 is 43.1 Å². The van der Waals surface area contributed by atoms with Crippen LogP contribution in [-0.4, -0.2) is 90.1 Å². The molecule has 124 heavy (non-hydrogen) atoms. The SMILES string of the molecule is C=C(C(Cc1ccc(C)cc1)C(=O)OCC)P1(=S)N(c2ccccc2)CCN1c1ccccc1.C=C(C(Cc1ccc(C)cc1)C(=O)OCC)P1(=S)N(c2ccccc2)CCN1c1ccccc1.C=C(C(Cc1ccc(C)cc1)C(=O)OCC)P1(=S)N(c2ccccc2)CCN1c1ccccc1.C=C(CC)P1(=S)N(c2ccccc2)CCN1c1ccccc1. The number of carbonyl (C=O) groups excluding carboxylic acids is 3. The van der Waals surface area contributed by atoms with Crippen molar-refractivity contribution in [2.45, 2.75) is 74.1 Å². The van der Waals surface area contributed by atoms with Gasteiger partial charge in [-0.2, -0.15) is 0 Å². The van der Waals surface area contributed by atoms with Gasteiger partial charge in [-0.25, -0.2) is 0 Å². The van der Waals surface area contributed by atoms with Gasteiger partial charge in [-0.3, -0.25) is 14.4 Å². The summed E-state index contributed by atoms with van der Waals surface area (Å²) in [5, 5.41) is 3.48. The first kappa shape index (κ1) is 93.0. The van der Waals surface area contributed by atoms with E-state index in [9.17, 15) is 14.4 Å². The maximum Gasteiger partial charge on any atom is 0.313 e. The Kier molecular flexibility index (Phi) is 32.7. The molecule has 14 nitrogen and oxygen atoms in total. The van der Waals surface area contributed by atoms with Crippen molar-refractivity contribution < 1.29 is 28.6 Å². The third kappa shape index (κ3) is 21.1. The van der Waals surface area contributed by atoms with Gasteiger partial charge in [0.15, 0.2) is 0 Å². The second kappa shape index (κ2) is 43.6. The largest absolute Gasteiger partial charge is 0.466 e. The number of para-hydroxylation sites is 8. The van der Waals surface area contributed by atoms with Gasteiger partial charge in [0, 0.05) is 114 Å². The molecule has 0 radical (unpaired) electrons. The smallest absolute Gasteiger partial charge is 0.313 e. The van der Waals surface area contributed by atoms with Crippen molar-refractivity contribution in [1.29, 1.82) is 0 Å². The van der Waals surface area contributed by atoms with Crippen LogP contribution in [0.5, 0.6) is 0 Å². The average molecular weight is 1800 g/mol. The normalized spacial score (nSPS) is 15.9. The Morgan fingerprint density at radius 1 is 0.274 bits per heavy atom. The number of nitrogens with zero attached hydrogens (tertiary/aromatic N) is 8. The van der Waals surface area contributed by atoms with Gasteiger partial charge in [-0.05, 0) is 234 Å². The van der Waals surface area contributed by atoms with Crippen LogP contribution < -0.4 is 37.4 Å². The van der Waals surface area contributed by atoms with E-state index in [4.69, 9.17) is 61.4 Å². The Morgan fingerprint density at radius 3 is 0.589 bits per heavy atom. The highest BCUT2D eigenvalue weighted by Crippen LogP contribution is 2.71. The lowest BCUT2D eigenvalue weighted by Crippen LogP contribution is -2.28. The number of ether oxygens (including phenoxy) is 3. The minimum atomic E-state index is -2.60. The number of hydrogen-bond acceptors (Lipinski definition) is 10. The van der Waals surface area contributed by atoms with Crippen molar-refractivity contribution in [3.8, 4) is 0 Å². The summed E-state index contributed by atoms with van der Waals surface area (Å²) in [6.45, 7) is 39.3. The number of benzene rings is 11. The number of anilines is 8. The zero-order chi connectivity index (χ0) is 88.0. The number of rotatable bonds is 28. The molecule has 4 fully saturated rings. The van der Waals surface area contributed by atoms with Crippen molar-refractivity contribution in [3.05, 3.63) is 396 Å². The molecule has 0 aliphatic carbocycles. The number of allylic oxidation sites excluding steroid dienone is 1. The van der Waals surface area contributed by atoms with Crippen molar-refractivity contribution in [1.82, 2.24) is 0 Å². The van der Waals surface area contributed by atoms with Gasteiger partial charge in [0.1, 0.15) is 25.4 Å². The fourth-order valence-corrected chi connectivity index (χ4v) is 34.2. The lowest BCUT2D eigenvalue weighted by Gasteiger charge is -2.39. The van der Waals surface area contributed by atoms with Gasteiger partial charge in [-0.15, -0.1) is 0 Å². The maximum atomic E-state index is 13.3. The molecule has 0 spiro atoms. The molecule has 22 heteroatoms. The molecular formula is C102H114N8O6P4S4. The molecule has 0 N–H and O–H groups in total. The van der Waals surface area contributed by atoms with Crippen LogP contribution in [0.15, 0.2) is 363 Å². The van der Waals surface area contributed by atoms with Crippen molar-refractivity contribution in [2.75, 3.05) is 110 Å². The Hall–Kier alpha value is -10.2. The first-order valence-corrected chi connectivity index (χ1v) is 53.3. The van der Waals surface area contributed by atoms with E-state index >= 15 is 0 Å². The van der Waals surface area contributed by atoms with Crippen molar-refractivity contribution >= 4 is 136 Å². The standard InChI is InChI=1S/3C28H31N2O2PS.C18H21N2PS/c3*1-4-32-28(31)27(21-24-17-15-22(2)16-18-24)23(3)33(34)29(25-11-7-5-8-12-25)19-20-30(33)26-13-9-6-10-14-26;1-3-16(2)21(22)19(17-10-6-4-7-11-17)14-15-20(21)18-12-8-5-9-13-18/h3*5-18,27H,3-4,19-21H2,1-2H3;4-13H,2-3,14-15H2,1H3. The van der Waals surface area contributed by atoms with Crippen LogP contribution in [0, 0.1) is 38.5 Å². The molecule has 3 atom stereocenters. The number of aryl methyl sites for hydroxylation is 3. The monoisotopic (exact) mass is 1800 g/mol. The second-order valence-corrected chi connectivity index (χ2v) is 47.4.